The molecule has 2 heterocycles. The third-order valence-electron chi connectivity index (χ3n) is 3.56. The van der Waals surface area contributed by atoms with E-state index in [2.05, 4.69) is 15.6 Å². The molecule has 0 aliphatic heterocycles. The van der Waals surface area contributed by atoms with Gasteiger partial charge in [0.15, 0.2) is 0 Å². The lowest BCUT2D eigenvalue weighted by Crippen LogP contribution is -2.23. The van der Waals surface area contributed by atoms with Gasteiger partial charge in [-0.05, 0) is 42.5 Å². The van der Waals surface area contributed by atoms with Crippen LogP contribution in [0, 0.1) is 0 Å². The maximum Gasteiger partial charge on any atom is 0.418 e. The molecule has 0 fully saturated rings. The Kier molecular flexibility index (Phi) is 5.36. The minimum Gasteiger partial charge on any atom is -0.467 e. The minimum atomic E-state index is -4.58. The Morgan fingerprint density at radius 1 is 1.19 bits per heavy atom. The average Bonchev–Trinajstić information content (AvgIpc) is 3.14. The van der Waals surface area contributed by atoms with Gasteiger partial charge in [-0.1, -0.05) is 11.6 Å². The Balaban J connectivity index is 1.77. The zero-order valence-corrected chi connectivity index (χ0v) is 14.4. The minimum absolute atomic E-state index is 0.0272. The van der Waals surface area contributed by atoms with Crippen LogP contribution in [-0.2, 0) is 12.7 Å². The number of nitrogens with one attached hydrogen (secondary N) is 2. The predicted molar refractivity (Wildman–Crippen MR) is 93.9 cm³/mol. The monoisotopic (exact) mass is 395 g/mol. The summed E-state index contributed by atoms with van der Waals surface area (Å²) >= 11 is 5.67. The molecule has 3 aromatic rings. The van der Waals surface area contributed by atoms with Crippen molar-refractivity contribution >= 4 is 28.9 Å². The predicted octanol–water partition coefficient (Wildman–Crippen LogP) is 5.02. The van der Waals surface area contributed by atoms with Gasteiger partial charge >= 0.3 is 6.18 Å². The highest BCUT2D eigenvalue weighted by Crippen LogP contribution is 2.37. The molecule has 0 saturated heterocycles. The topological polar surface area (TPSA) is 67.2 Å². The molecule has 0 spiro atoms. The molecule has 0 aliphatic carbocycles. The van der Waals surface area contributed by atoms with Gasteiger partial charge in [0.1, 0.15) is 11.5 Å². The fourth-order valence-electron chi connectivity index (χ4n) is 2.32. The molecular formula is C18H13ClF3N3O2. The molecule has 27 heavy (non-hydrogen) atoms. The second kappa shape index (κ2) is 7.71. The first-order chi connectivity index (χ1) is 12.8. The number of amides is 1. The van der Waals surface area contributed by atoms with E-state index < -0.39 is 17.6 Å². The standard InChI is InChI=1S/C18H13ClF3N3O2/c19-11-3-4-15(14(8-11)18(20,21)22)25-12-5-6-23-16(9-12)17(26)24-10-13-2-1-7-27-13/h1-9H,10H2,(H,23,25)(H,24,26). The lowest BCUT2D eigenvalue weighted by molar-refractivity contribution is -0.136. The summed E-state index contributed by atoms with van der Waals surface area (Å²) in [6.45, 7) is 0.167. The molecule has 2 aromatic heterocycles. The molecule has 0 radical (unpaired) electrons. The van der Waals surface area contributed by atoms with Gasteiger partial charge in [-0.2, -0.15) is 13.2 Å². The van der Waals surface area contributed by atoms with Crippen molar-refractivity contribution in [1.29, 1.82) is 0 Å². The summed E-state index contributed by atoms with van der Waals surface area (Å²) in [5.41, 5.74) is -0.759. The molecule has 3 rings (SSSR count). The number of hydrogen-bond acceptors (Lipinski definition) is 4. The summed E-state index contributed by atoms with van der Waals surface area (Å²) in [6, 6.07) is 9.60. The van der Waals surface area contributed by atoms with E-state index in [1.807, 2.05) is 0 Å². The van der Waals surface area contributed by atoms with Crippen molar-refractivity contribution in [3.63, 3.8) is 0 Å². The molecule has 0 unspecified atom stereocenters. The summed E-state index contributed by atoms with van der Waals surface area (Å²) < 4.78 is 44.7. The first-order valence-corrected chi connectivity index (χ1v) is 8.11. The van der Waals surface area contributed by atoms with Crippen LogP contribution in [0.15, 0.2) is 59.3 Å². The van der Waals surface area contributed by atoms with Crippen molar-refractivity contribution in [2.45, 2.75) is 12.7 Å². The molecule has 9 heteroatoms. The summed E-state index contributed by atoms with van der Waals surface area (Å²) in [6.07, 6.45) is -1.77. The van der Waals surface area contributed by atoms with Crippen LogP contribution in [0.5, 0.6) is 0 Å². The van der Waals surface area contributed by atoms with E-state index in [0.29, 0.717) is 5.76 Å². The van der Waals surface area contributed by atoms with Crippen molar-refractivity contribution in [3.8, 4) is 0 Å². The fourth-order valence-corrected chi connectivity index (χ4v) is 2.49. The quantitative estimate of drug-likeness (QED) is 0.636. The third-order valence-corrected chi connectivity index (χ3v) is 3.80. The summed E-state index contributed by atoms with van der Waals surface area (Å²) in [4.78, 5) is 16.1. The van der Waals surface area contributed by atoms with Crippen molar-refractivity contribution in [1.82, 2.24) is 10.3 Å². The Morgan fingerprint density at radius 2 is 2.00 bits per heavy atom. The third kappa shape index (κ3) is 4.79. The number of carbonyl (C=O) groups is 1. The highest BCUT2D eigenvalue weighted by molar-refractivity contribution is 6.30. The van der Waals surface area contributed by atoms with E-state index in [9.17, 15) is 18.0 Å². The zero-order valence-electron chi connectivity index (χ0n) is 13.7. The van der Waals surface area contributed by atoms with E-state index >= 15 is 0 Å². The molecule has 1 aromatic carbocycles. The summed E-state index contributed by atoms with van der Waals surface area (Å²) in [7, 11) is 0. The Hall–Kier alpha value is -3.00. The Morgan fingerprint density at radius 3 is 2.70 bits per heavy atom. The van der Waals surface area contributed by atoms with E-state index in [-0.39, 0.29) is 28.6 Å². The van der Waals surface area contributed by atoms with Gasteiger partial charge < -0.3 is 15.1 Å². The SMILES string of the molecule is O=C(NCc1ccco1)c1cc(Nc2ccc(Cl)cc2C(F)(F)F)ccn1. The van der Waals surface area contributed by atoms with Crippen LogP contribution in [-0.4, -0.2) is 10.9 Å². The number of hydrogen-bond donors (Lipinski definition) is 2. The summed E-state index contributed by atoms with van der Waals surface area (Å²) in [5.74, 6) is 0.0795. The van der Waals surface area contributed by atoms with Crippen LogP contribution < -0.4 is 10.6 Å². The first kappa shape index (κ1) is 18.8. The van der Waals surface area contributed by atoms with Crippen LogP contribution >= 0.6 is 11.6 Å². The van der Waals surface area contributed by atoms with Gasteiger partial charge in [0.2, 0.25) is 0 Å². The van der Waals surface area contributed by atoms with Gasteiger partial charge in [-0.3, -0.25) is 9.78 Å². The van der Waals surface area contributed by atoms with E-state index in [1.54, 1.807) is 12.1 Å². The van der Waals surface area contributed by atoms with Gasteiger partial charge in [-0.25, -0.2) is 0 Å². The lowest BCUT2D eigenvalue weighted by atomic mass is 10.1. The normalized spacial score (nSPS) is 11.3. The molecule has 1 amide bonds. The highest BCUT2D eigenvalue weighted by atomic mass is 35.5. The number of furan rings is 1. The Bertz CT molecular complexity index is 943. The van der Waals surface area contributed by atoms with Crippen molar-refractivity contribution in [3.05, 3.63) is 77.0 Å². The molecule has 2 N–H and O–H groups in total. The molecule has 0 aliphatic rings. The highest BCUT2D eigenvalue weighted by Gasteiger charge is 2.33. The maximum absolute atomic E-state index is 13.2. The number of pyridine rings is 1. The molecular weight excluding hydrogens is 383 g/mol. The number of alkyl halides is 3. The van der Waals surface area contributed by atoms with Crippen molar-refractivity contribution < 1.29 is 22.4 Å². The maximum atomic E-state index is 13.2. The van der Waals surface area contributed by atoms with Crippen LogP contribution in [0.1, 0.15) is 21.8 Å². The molecule has 140 valence electrons. The van der Waals surface area contributed by atoms with Crippen LogP contribution in [0.4, 0.5) is 24.5 Å². The second-order valence-electron chi connectivity index (χ2n) is 5.50. The van der Waals surface area contributed by atoms with Gasteiger partial charge in [-0.15, -0.1) is 0 Å². The number of carbonyl (C=O) groups excluding carboxylic acids is 1. The largest absolute Gasteiger partial charge is 0.467 e. The molecule has 0 saturated carbocycles. The number of rotatable bonds is 5. The number of benzene rings is 1. The van der Waals surface area contributed by atoms with Crippen molar-refractivity contribution in [2.24, 2.45) is 0 Å². The van der Waals surface area contributed by atoms with E-state index in [1.165, 1.54) is 36.7 Å². The van der Waals surface area contributed by atoms with Crippen molar-refractivity contribution in [2.75, 3.05) is 5.32 Å². The second-order valence-corrected chi connectivity index (χ2v) is 5.94. The average molecular weight is 396 g/mol. The van der Waals surface area contributed by atoms with Gasteiger partial charge in [0.25, 0.3) is 5.91 Å². The molecule has 5 nitrogen and oxygen atoms in total. The van der Waals surface area contributed by atoms with Gasteiger partial charge in [0, 0.05) is 16.9 Å². The van der Waals surface area contributed by atoms with Crippen LogP contribution in [0.3, 0.4) is 0 Å². The lowest BCUT2D eigenvalue weighted by Gasteiger charge is -2.15. The van der Waals surface area contributed by atoms with Gasteiger partial charge in [0.05, 0.1) is 24.1 Å². The zero-order chi connectivity index (χ0) is 19.4. The number of anilines is 2. The Labute approximate surface area is 157 Å². The van der Waals surface area contributed by atoms with Crippen LogP contribution in [0.25, 0.3) is 0 Å². The smallest absolute Gasteiger partial charge is 0.418 e. The molecule has 0 bridgehead atoms. The number of nitrogens with zero attached hydrogens (tertiary/aromatic N) is 1. The van der Waals surface area contributed by atoms with Crippen LogP contribution in [0.2, 0.25) is 5.02 Å². The number of aromatic nitrogens is 1. The van der Waals surface area contributed by atoms with E-state index in [4.69, 9.17) is 16.0 Å². The fraction of sp³-hybridized carbons (Fsp3) is 0.111. The molecule has 0 atom stereocenters. The van der Waals surface area contributed by atoms with E-state index in [0.717, 1.165) is 6.07 Å². The number of halogens is 4. The first-order valence-electron chi connectivity index (χ1n) is 7.73. The summed E-state index contributed by atoms with van der Waals surface area (Å²) in [5, 5.41) is 5.24.